The van der Waals surface area contributed by atoms with Gasteiger partial charge in [0.2, 0.25) is 35.4 Å². The van der Waals surface area contributed by atoms with Crippen molar-refractivity contribution in [3.63, 3.8) is 0 Å². The van der Waals surface area contributed by atoms with Crippen LogP contribution < -0.4 is 35.9 Å². The Balaban J connectivity index is 1.21. The molecule has 0 radical (unpaired) electrons. The molecule has 0 aliphatic carbocycles. The molecule has 1 aromatic heterocycles. The highest BCUT2D eigenvalue weighted by Crippen LogP contribution is 2.35. The SMILES string of the molecule is CCCCCOc1ccc(-c2cc(-c3ccc(C(=O)NC4CC(O)C(O)NC(=O)C5C(O)C(C)CN5C(=O)C(C(O)CC(N)=O)CC(=O)C(C(O)C(O)c5ccc(O)c(OS(=O)(=O)O)c5)NC(=O)C5CC(O)CN5C(=O)C(CO)NC4=O)cc3)no2)cc1. The molecule has 88 heavy (non-hydrogen) atoms. The highest BCUT2D eigenvalue weighted by atomic mass is 32.3. The highest BCUT2D eigenvalue weighted by Gasteiger charge is 2.50. The highest BCUT2D eigenvalue weighted by molar-refractivity contribution is 7.81. The van der Waals surface area contributed by atoms with Crippen molar-refractivity contribution in [2.75, 3.05) is 26.3 Å². The number of ketones is 1. The second-order valence-electron chi connectivity index (χ2n) is 21.7. The van der Waals surface area contributed by atoms with E-state index in [9.17, 15) is 97.3 Å². The van der Waals surface area contributed by atoms with Crippen molar-refractivity contribution in [1.82, 2.24) is 36.2 Å². The smallest absolute Gasteiger partial charge is 0.446 e. The van der Waals surface area contributed by atoms with E-state index in [0.717, 1.165) is 31.4 Å². The number of nitrogens with one attached hydrogen (secondary N) is 4. The molecule has 0 spiro atoms. The Morgan fingerprint density at radius 2 is 1.52 bits per heavy atom. The van der Waals surface area contributed by atoms with Gasteiger partial charge in [-0.2, -0.15) is 8.42 Å². The van der Waals surface area contributed by atoms with E-state index in [1.165, 1.54) is 31.2 Å². The molecular formula is C56H70N8O23S. The number of amides is 7. The van der Waals surface area contributed by atoms with Gasteiger partial charge in [-0.25, -0.2) is 0 Å². The maximum absolute atomic E-state index is 14.7. The summed E-state index contributed by atoms with van der Waals surface area (Å²) < 4.78 is 48.1. The van der Waals surface area contributed by atoms with E-state index in [-0.39, 0.29) is 5.56 Å². The van der Waals surface area contributed by atoms with E-state index in [2.05, 4.69) is 32.2 Å². The maximum atomic E-state index is 14.7. The number of primary amides is 1. The van der Waals surface area contributed by atoms with E-state index in [1.807, 2.05) is 5.32 Å². The number of hydrogen-bond acceptors (Lipinski definition) is 23. The number of carbonyl (C=O) groups is 8. The Labute approximate surface area is 502 Å². The average Bonchev–Trinajstić information content (AvgIpc) is 2.88. The van der Waals surface area contributed by atoms with Crippen LogP contribution >= 0.6 is 0 Å². The van der Waals surface area contributed by atoms with Gasteiger partial charge in [-0.3, -0.25) is 42.9 Å². The summed E-state index contributed by atoms with van der Waals surface area (Å²) in [6, 6.07) is 6.28. The lowest BCUT2D eigenvalue weighted by Crippen LogP contribution is -2.60. The molecule has 16 N–H and O–H groups in total. The lowest BCUT2D eigenvalue weighted by atomic mass is 9.86. The number of aliphatic hydroxyl groups excluding tert-OH is 8. The number of rotatable bonds is 18. The second kappa shape index (κ2) is 29.2. The van der Waals surface area contributed by atoms with E-state index in [1.54, 1.807) is 30.3 Å². The lowest BCUT2D eigenvalue weighted by molar-refractivity contribution is -0.151. The number of benzene rings is 3. The Hall–Kier alpha value is -8.18. The van der Waals surface area contributed by atoms with Crippen molar-refractivity contribution in [2.24, 2.45) is 17.6 Å². The zero-order valence-corrected chi connectivity index (χ0v) is 48.2. The van der Waals surface area contributed by atoms with Crippen LogP contribution in [0.15, 0.2) is 77.3 Å². The monoisotopic (exact) mass is 1250 g/mol. The van der Waals surface area contributed by atoms with Crippen molar-refractivity contribution in [3.05, 3.63) is 83.9 Å². The fraction of sp³-hybridized carbons (Fsp3) is 0.482. The molecule has 31 nitrogen and oxygen atoms in total. The van der Waals surface area contributed by atoms with Gasteiger partial charge in [0.1, 0.15) is 60.0 Å². The number of unbranched alkanes of at least 4 members (excludes halogenated alkanes) is 2. The molecule has 4 heterocycles. The molecule has 3 aliphatic heterocycles. The number of hydrogen-bond donors (Lipinski definition) is 15. The molecule has 32 heteroatoms. The molecule has 4 aromatic rings. The molecular weight excluding hydrogens is 1180 g/mol. The summed E-state index contributed by atoms with van der Waals surface area (Å²) in [5.74, 6) is -14.5. The number of carbonyl (C=O) groups excluding carboxylic acids is 8. The first-order valence-electron chi connectivity index (χ1n) is 27.9. The van der Waals surface area contributed by atoms with Crippen molar-refractivity contribution in [2.45, 2.75) is 132 Å². The van der Waals surface area contributed by atoms with Gasteiger partial charge in [0.05, 0.1) is 43.9 Å². The summed E-state index contributed by atoms with van der Waals surface area (Å²) in [7, 11) is -5.34. The molecule has 7 amide bonds. The number of phenolic OH excluding ortho intramolecular Hbond substituents is 1. The Morgan fingerprint density at radius 1 is 0.841 bits per heavy atom. The Morgan fingerprint density at radius 3 is 2.17 bits per heavy atom. The Bertz CT molecular complexity index is 3300. The molecule has 0 bridgehead atoms. The number of Topliss-reactive ketones (excluding diaryl/α,β-unsaturated/α-hetero) is 1. The van der Waals surface area contributed by atoms with Crippen LogP contribution in [0.3, 0.4) is 0 Å². The molecule has 7 rings (SSSR count). The van der Waals surface area contributed by atoms with Crippen LogP contribution in [0.2, 0.25) is 0 Å². The van der Waals surface area contributed by atoms with Crippen molar-refractivity contribution < 1.29 is 111 Å². The summed E-state index contributed by atoms with van der Waals surface area (Å²) in [5, 5.41) is 114. The van der Waals surface area contributed by atoms with Crippen LogP contribution in [0, 0.1) is 11.8 Å². The zero-order valence-electron chi connectivity index (χ0n) is 47.4. The number of aromatic hydroxyl groups is 1. The molecule has 0 saturated carbocycles. The Kier molecular flexibility index (Phi) is 22.4. The standard InChI is InChI=1S/C56H70N8O23S/c1-3-4-5-16-85-32-13-10-28(11-14-32)42-21-34(62-86-42)27-6-8-29(9-7-27)50(75)58-35-20-41(70)53(78)61-54(79)46-47(72)26(2)23-64(46)55(80)33(39(68)22-44(57)71)19-40(69)45(49(74)48(73)30-12-15-38(67)43(17-30)87-88(82,83)84)60-52(77)37-18-31(66)24-63(37)56(81)36(25-65)59-51(35)76/h6-15,17,21,26,31,33,35-37,39,41,45-49,53,65-68,70,72-74,78H,3-5,16,18-20,22-25H2,1-2H3,(H2,57,71)(H,58,75)(H,59,76)(H,60,77)(H,61,79)(H,82,83,84). The van der Waals surface area contributed by atoms with E-state index < -0.39 is 205 Å². The molecule has 3 fully saturated rings. The summed E-state index contributed by atoms with van der Waals surface area (Å²) in [5.41, 5.74) is 6.23. The summed E-state index contributed by atoms with van der Waals surface area (Å²) >= 11 is 0. The van der Waals surface area contributed by atoms with E-state index in [4.69, 9.17) is 15.0 Å². The van der Waals surface area contributed by atoms with Crippen LogP contribution in [-0.4, -0.2) is 214 Å². The minimum absolute atomic E-state index is 0.100. The number of aromatic nitrogens is 1. The first kappa shape index (κ1) is 67.3. The maximum Gasteiger partial charge on any atom is 0.446 e. The van der Waals surface area contributed by atoms with Crippen LogP contribution in [-0.2, 0) is 44.0 Å². The number of nitrogens with two attached hydrogens (primary N) is 1. The molecule has 14 atom stereocenters. The molecule has 3 aliphatic rings. The predicted molar refractivity (Wildman–Crippen MR) is 300 cm³/mol. The molecule has 478 valence electrons. The van der Waals surface area contributed by atoms with E-state index >= 15 is 0 Å². The average molecular weight is 1260 g/mol. The van der Waals surface area contributed by atoms with Gasteiger partial charge in [0, 0.05) is 61.0 Å². The lowest BCUT2D eigenvalue weighted by Gasteiger charge is -2.33. The second-order valence-corrected chi connectivity index (χ2v) is 22.8. The molecule has 14 unspecified atom stereocenters. The zero-order chi connectivity index (χ0) is 64.5. The number of nitrogens with zero attached hydrogens (tertiary/aromatic N) is 3. The van der Waals surface area contributed by atoms with Crippen molar-refractivity contribution in [1.29, 1.82) is 0 Å². The van der Waals surface area contributed by atoms with Gasteiger partial charge in [-0.05, 0) is 60.5 Å². The molecule has 3 aromatic carbocycles. The third kappa shape index (κ3) is 16.5. The normalized spacial score (nSPS) is 26.3. The van der Waals surface area contributed by atoms with Crippen molar-refractivity contribution in [3.8, 4) is 39.8 Å². The summed E-state index contributed by atoms with van der Waals surface area (Å²) in [6.45, 7) is 1.55. The van der Waals surface area contributed by atoms with Crippen LogP contribution in [0.1, 0.15) is 80.8 Å². The van der Waals surface area contributed by atoms with Crippen LogP contribution in [0.5, 0.6) is 17.2 Å². The van der Waals surface area contributed by atoms with Gasteiger partial charge in [-0.1, -0.05) is 50.0 Å². The number of fused-ring (bicyclic) bond motifs is 2. The van der Waals surface area contributed by atoms with Gasteiger partial charge in [-0.15, -0.1) is 0 Å². The third-order valence-corrected chi connectivity index (χ3v) is 15.6. The van der Waals surface area contributed by atoms with Gasteiger partial charge < -0.3 is 96.2 Å². The predicted octanol–water partition coefficient (Wildman–Crippen LogP) is -3.20. The summed E-state index contributed by atoms with van der Waals surface area (Å²) in [4.78, 5) is 114. The van der Waals surface area contributed by atoms with Crippen molar-refractivity contribution >= 4 is 57.5 Å². The minimum atomic E-state index is -5.34. The fourth-order valence-electron chi connectivity index (χ4n) is 10.5. The van der Waals surface area contributed by atoms with Gasteiger partial charge in [0.25, 0.3) is 5.91 Å². The summed E-state index contributed by atoms with van der Waals surface area (Å²) in [6.07, 6.45) is -16.3. The third-order valence-electron chi connectivity index (χ3n) is 15.2. The number of phenols is 1. The minimum Gasteiger partial charge on any atom is -0.504 e. The largest absolute Gasteiger partial charge is 0.504 e. The van der Waals surface area contributed by atoms with Crippen LogP contribution in [0.4, 0.5) is 0 Å². The molecule has 3 saturated heterocycles. The fourth-order valence-corrected chi connectivity index (χ4v) is 10.8. The van der Waals surface area contributed by atoms with E-state index in [0.29, 0.717) is 50.8 Å². The quantitative estimate of drug-likeness (QED) is 0.0345. The number of ether oxygens (including phenoxy) is 1. The number of aliphatic hydroxyl groups is 8. The van der Waals surface area contributed by atoms with Gasteiger partial charge >= 0.3 is 10.4 Å². The first-order chi connectivity index (χ1) is 41.6. The first-order valence-corrected chi connectivity index (χ1v) is 29.3. The topological polar surface area (TPSA) is 498 Å². The van der Waals surface area contributed by atoms with Gasteiger partial charge in [0.15, 0.2) is 29.3 Å². The van der Waals surface area contributed by atoms with Crippen LogP contribution in [0.25, 0.3) is 22.6 Å².